The van der Waals surface area contributed by atoms with Crippen molar-refractivity contribution in [3.8, 4) is 0 Å². The second-order valence-corrected chi connectivity index (χ2v) is 5.98. The van der Waals surface area contributed by atoms with Crippen molar-refractivity contribution in [1.82, 2.24) is 10.2 Å². The summed E-state index contributed by atoms with van der Waals surface area (Å²) in [5.74, 6) is 1.24. The Morgan fingerprint density at radius 1 is 1.00 bits per heavy atom. The fraction of sp³-hybridized carbons (Fsp3) is 0. The van der Waals surface area contributed by atoms with E-state index in [4.69, 9.17) is 34.8 Å². The number of anilines is 2. The van der Waals surface area contributed by atoms with Crippen molar-refractivity contribution in [3.63, 3.8) is 0 Å². The molecule has 0 aliphatic rings. The van der Waals surface area contributed by atoms with Gasteiger partial charge >= 0.3 is 0 Å². The van der Waals surface area contributed by atoms with E-state index in [9.17, 15) is 0 Å². The van der Waals surface area contributed by atoms with Gasteiger partial charge in [-0.1, -0.05) is 46.9 Å². The molecule has 0 aliphatic carbocycles. The first-order chi connectivity index (χ1) is 11.1. The number of rotatable bonds is 4. The number of benzene rings is 2. The Kier molecular flexibility index (Phi) is 4.86. The first kappa shape index (κ1) is 15.9. The molecule has 3 rings (SSSR count). The van der Waals surface area contributed by atoms with Gasteiger partial charge in [-0.3, -0.25) is 5.10 Å². The number of nitrogens with zero attached hydrogens (tertiary/aromatic N) is 2. The fourth-order valence-corrected chi connectivity index (χ4v) is 2.55. The molecular weight excluding hydrogens is 355 g/mol. The molecule has 7 heteroatoms. The normalized spacial score (nSPS) is 11.1. The van der Waals surface area contributed by atoms with Crippen molar-refractivity contribution < 1.29 is 0 Å². The van der Waals surface area contributed by atoms with Crippen LogP contribution in [0.3, 0.4) is 0 Å². The van der Waals surface area contributed by atoms with Gasteiger partial charge in [0.1, 0.15) is 5.82 Å². The van der Waals surface area contributed by atoms with E-state index in [0.717, 1.165) is 11.3 Å². The summed E-state index contributed by atoms with van der Waals surface area (Å²) in [4.78, 5) is 4.29. The molecule has 23 heavy (non-hydrogen) atoms. The number of aliphatic imine (C=N–C) groups is 1. The average Bonchev–Trinajstić information content (AvgIpc) is 2.94. The van der Waals surface area contributed by atoms with Crippen molar-refractivity contribution in [1.29, 1.82) is 0 Å². The summed E-state index contributed by atoms with van der Waals surface area (Å²) in [5, 5.41) is 11.9. The number of aromatic nitrogens is 2. The van der Waals surface area contributed by atoms with E-state index in [1.54, 1.807) is 30.5 Å². The summed E-state index contributed by atoms with van der Waals surface area (Å²) in [6, 6.07) is 14.4. The van der Waals surface area contributed by atoms with Gasteiger partial charge in [0.25, 0.3) is 0 Å². The first-order valence-electron chi connectivity index (χ1n) is 6.67. The molecule has 0 bridgehead atoms. The topological polar surface area (TPSA) is 53.1 Å². The predicted octanol–water partition coefficient (Wildman–Crippen LogP) is 5.86. The summed E-state index contributed by atoms with van der Waals surface area (Å²) in [6.45, 7) is 0. The van der Waals surface area contributed by atoms with E-state index < -0.39 is 0 Å². The van der Waals surface area contributed by atoms with Gasteiger partial charge in [0, 0.05) is 33.6 Å². The maximum absolute atomic E-state index is 6.09. The molecule has 0 atom stereocenters. The SMILES string of the molecule is Clc1cccc(Nc2cc(N=Cc3ccc(Cl)cc3Cl)n[nH]2)c1. The molecule has 0 spiro atoms. The Bertz CT molecular complexity index is 858. The van der Waals surface area contributed by atoms with Crippen molar-refractivity contribution in [3.05, 3.63) is 69.2 Å². The van der Waals surface area contributed by atoms with Gasteiger partial charge in [0.15, 0.2) is 5.82 Å². The van der Waals surface area contributed by atoms with E-state index in [0.29, 0.717) is 26.7 Å². The molecule has 0 saturated heterocycles. The van der Waals surface area contributed by atoms with Crippen LogP contribution in [-0.2, 0) is 0 Å². The largest absolute Gasteiger partial charge is 0.341 e. The monoisotopic (exact) mass is 364 g/mol. The molecule has 0 radical (unpaired) electrons. The molecule has 0 aliphatic heterocycles. The van der Waals surface area contributed by atoms with Crippen molar-refractivity contribution in [2.24, 2.45) is 4.99 Å². The predicted molar refractivity (Wildman–Crippen MR) is 97.0 cm³/mol. The van der Waals surface area contributed by atoms with E-state index in [2.05, 4.69) is 20.5 Å². The third-order valence-corrected chi connectivity index (χ3v) is 3.76. The summed E-state index contributed by atoms with van der Waals surface area (Å²) >= 11 is 17.9. The Hall–Kier alpha value is -2.01. The second kappa shape index (κ2) is 7.04. The maximum atomic E-state index is 6.09. The highest BCUT2D eigenvalue weighted by atomic mass is 35.5. The molecule has 4 nitrogen and oxygen atoms in total. The van der Waals surface area contributed by atoms with Crippen LogP contribution in [-0.4, -0.2) is 16.4 Å². The molecule has 0 unspecified atom stereocenters. The zero-order chi connectivity index (χ0) is 16.2. The van der Waals surface area contributed by atoms with Crippen LogP contribution in [0.1, 0.15) is 5.56 Å². The minimum atomic E-state index is 0.528. The van der Waals surface area contributed by atoms with E-state index >= 15 is 0 Å². The highest BCUT2D eigenvalue weighted by Crippen LogP contribution is 2.23. The van der Waals surface area contributed by atoms with Gasteiger partial charge in [0.05, 0.1) is 5.02 Å². The van der Waals surface area contributed by atoms with Crippen molar-refractivity contribution >= 4 is 58.3 Å². The van der Waals surface area contributed by atoms with Crippen LogP contribution < -0.4 is 5.32 Å². The van der Waals surface area contributed by atoms with E-state index in [1.807, 2.05) is 24.3 Å². The van der Waals surface area contributed by atoms with Gasteiger partial charge in [0.2, 0.25) is 0 Å². The average molecular weight is 366 g/mol. The van der Waals surface area contributed by atoms with Gasteiger partial charge in [-0.05, 0) is 30.3 Å². The van der Waals surface area contributed by atoms with Crippen LogP contribution in [0.4, 0.5) is 17.3 Å². The van der Waals surface area contributed by atoms with Crippen molar-refractivity contribution in [2.75, 3.05) is 5.32 Å². The zero-order valence-electron chi connectivity index (χ0n) is 11.7. The number of hydrogen-bond acceptors (Lipinski definition) is 3. The summed E-state index contributed by atoms with van der Waals surface area (Å²) in [6.07, 6.45) is 1.64. The highest BCUT2D eigenvalue weighted by molar-refractivity contribution is 6.36. The lowest BCUT2D eigenvalue weighted by Gasteiger charge is -2.02. The second-order valence-electron chi connectivity index (χ2n) is 4.70. The maximum Gasteiger partial charge on any atom is 0.175 e. The minimum Gasteiger partial charge on any atom is -0.341 e. The lowest BCUT2D eigenvalue weighted by molar-refractivity contribution is 1.09. The van der Waals surface area contributed by atoms with Crippen LogP contribution >= 0.6 is 34.8 Å². The van der Waals surface area contributed by atoms with Crippen LogP contribution in [0.25, 0.3) is 0 Å². The molecule has 0 amide bonds. The molecule has 2 aromatic carbocycles. The number of halogens is 3. The Balaban J connectivity index is 1.73. The lowest BCUT2D eigenvalue weighted by atomic mass is 10.2. The standard InChI is InChI=1S/C16H11Cl3N4/c17-11-2-1-3-13(6-11)21-16-8-15(22-23-16)20-9-10-4-5-12(18)7-14(10)19/h1-9H,(H2,21,22,23). The molecule has 2 N–H and O–H groups in total. The van der Waals surface area contributed by atoms with Crippen LogP contribution in [0.2, 0.25) is 15.1 Å². The Morgan fingerprint density at radius 3 is 2.61 bits per heavy atom. The van der Waals surface area contributed by atoms with Crippen LogP contribution in [0, 0.1) is 0 Å². The van der Waals surface area contributed by atoms with Gasteiger partial charge < -0.3 is 5.32 Å². The quantitative estimate of drug-likeness (QED) is 0.569. The Morgan fingerprint density at radius 2 is 1.83 bits per heavy atom. The Labute approximate surface area is 148 Å². The molecular formula is C16H11Cl3N4. The molecule has 1 aromatic heterocycles. The summed E-state index contributed by atoms with van der Waals surface area (Å²) < 4.78 is 0. The van der Waals surface area contributed by atoms with Crippen molar-refractivity contribution in [2.45, 2.75) is 0 Å². The summed E-state index contributed by atoms with van der Waals surface area (Å²) in [5.41, 5.74) is 1.63. The molecule has 1 heterocycles. The smallest absolute Gasteiger partial charge is 0.175 e. The van der Waals surface area contributed by atoms with Gasteiger partial charge in [-0.2, -0.15) is 5.10 Å². The van der Waals surface area contributed by atoms with Crippen LogP contribution in [0.5, 0.6) is 0 Å². The fourth-order valence-electron chi connectivity index (χ4n) is 1.90. The summed E-state index contributed by atoms with van der Waals surface area (Å²) in [7, 11) is 0. The highest BCUT2D eigenvalue weighted by Gasteiger charge is 2.02. The third kappa shape index (κ3) is 4.26. The third-order valence-electron chi connectivity index (χ3n) is 2.97. The molecule has 0 fully saturated rings. The van der Waals surface area contributed by atoms with E-state index in [-0.39, 0.29) is 0 Å². The number of aromatic amines is 1. The number of hydrogen-bond donors (Lipinski definition) is 2. The van der Waals surface area contributed by atoms with Gasteiger partial charge in [-0.15, -0.1) is 0 Å². The minimum absolute atomic E-state index is 0.528. The molecule has 116 valence electrons. The number of H-pyrrole nitrogens is 1. The lowest BCUT2D eigenvalue weighted by Crippen LogP contribution is -1.89. The van der Waals surface area contributed by atoms with E-state index in [1.165, 1.54) is 0 Å². The number of nitrogens with one attached hydrogen (secondary N) is 2. The van der Waals surface area contributed by atoms with Crippen LogP contribution in [0.15, 0.2) is 53.5 Å². The van der Waals surface area contributed by atoms with Gasteiger partial charge in [-0.25, -0.2) is 4.99 Å². The first-order valence-corrected chi connectivity index (χ1v) is 7.81. The molecule has 0 saturated carbocycles. The zero-order valence-corrected chi connectivity index (χ0v) is 14.0. The molecule has 3 aromatic rings.